The first-order valence-corrected chi connectivity index (χ1v) is 5.85. The summed E-state index contributed by atoms with van der Waals surface area (Å²) in [4.78, 5) is 21.1. The van der Waals surface area contributed by atoms with E-state index in [-0.39, 0.29) is 17.7 Å². The number of aromatic nitrogens is 2. The van der Waals surface area contributed by atoms with Crippen LogP contribution in [0.15, 0.2) is 12.3 Å². The van der Waals surface area contributed by atoms with Gasteiger partial charge in [-0.1, -0.05) is 0 Å². The van der Waals surface area contributed by atoms with Crippen molar-refractivity contribution in [3.63, 3.8) is 0 Å². The van der Waals surface area contributed by atoms with E-state index in [0.29, 0.717) is 16.9 Å². The second-order valence-corrected chi connectivity index (χ2v) is 4.15. The molecule has 0 atom stereocenters. The number of carbonyl (C=O) groups is 1. The molecule has 0 saturated carbocycles. The van der Waals surface area contributed by atoms with Gasteiger partial charge in [0, 0.05) is 20.3 Å². The molecule has 2 aromatic rings. The summed E-state index contributed by atoms with van der Waals surface area (Å²) in [7, 11) is 3.55. The zero-order valence-corrected chi connectivity index (χ0v) is 11.0. The molecule has 0 aliphatic carbocycles. The number of esters is 1. The molecule has 2 heterocycles. The standard InChI is InChI=1S/C13H14N4O2/c1-4-19-13(18)10-8(7-14)12(17(2)3)16-9-5-6-15-11(9)10/h5-6,15H,4H2,1-3H3. The quantitative estimate of drug-likeness (QED) is 0.847. The van der Waals surface area contributed by atoms with Crippen molar-refractivity contribution in [1.82, 2.24) is 9.97 Å². The van der Waals surface area contributed by atoms with Gasteiger partial charge in [0.05, 0.1) is 17.6 Å². The second-order valence-electron chi connectivity index (χ2n) is 4.15. The highest BCUT2D eigenvalue weighted by Crippen LogP contribution is 2.27. The fourth-order valence-corrected chi connectivity index (χ4v) is 1.90. The molecule has 6 nitrogen and oxygen atoms in total. The fraction of sp³-hybridized carbons (Fsp3) is 0.308. The molecule has 2 rings (SSSR count). The van der Waals surface area contributed by atoms with Gasteiger partial charge in [0.15, 0.2) is 0 Å². The van der Waals surface area contributed by atoms with Crippen molar-refractivity contribution in [3.8, 4) is 6.07 Å². The first-order valence-electron chi connectivity index (χ1n) is 5.85. The van der Waals surface area contributed by atoms with Gasteiger partial charge in [-0.15, -0.1) is 0 Å². The minimum Gasteiger partial charge on any atom is -0.462 e. The monoisotopic (exact) mass is 258 g/mol. The topological polar surface area (TPSA) is 82.0 Å². The number of aromatic amines is 1. The number of rotatable bonds is 3. The molecule has 0 radical (unpaired) electrons. The Bertz CT molecular complexity index is 667. The van der Waals surface area contributed by atoms with E-state index >= 15 is 0 Å². The van der Waals surface area contributed by atoms with Crippen LogP contribution in [0.3, 0.4) is 0 Å². The Labute approximate surface area is 110 Å². The van der Waals surface area contributed by atoms with Gasteiger partial charge in [0.2, 0.25) is 0 Å². The molecule has 0 aliphatic heterocycles. The molecule has 6 heteroatoms. The summed E-state index contributed by atoms with van der Waals surface area (Å²) in [5, 5.41) is 9.32. The Morgan fingerprint density at radius 1 is 1.58 bits per heavy atom. The number of H-pyrrole nitrogens is 1. The van der Waals surface area contributed by atoms with Crippen LogP contribution in [0.1, 0.15) is 22.8 Å². The lowest BCUT2D eigenvalue weighted by atomic mass is 10.1. The minimum absolute atomic E-state index is 0.221. The van der Waals surface area contributed by atoms with Gasteiger partial charge < -0.3 is 14.6 Å². The first-order chi connectivity index (χ1) is 9.10. The smallest absolute Gasteiger partial charge is 0.341 e. The van der Waals surface area contributed by atoms with Crippen LogP contribution < -0.4 is 4.90 Å². The third-order valence-electron chi connectivity index (χ3n) is 2.69. The molecule has 2 aromatic heterocycles. The van der Waals surface area contributed by atoms with Crippen LogP contribution in [0.5, 0.6) is 0 Å². The van der Waals surface area contributed by atoms with Gasteiger partial charge in [-0.3, -0.25) is 0 Å². The molecule has 0 unspecified atom stereocenters. The third kappa shape index (κ3) is 2.10. The molecular formula is C13H14N4O2. The van der Waals surface area contributed by atoms with Crippen molar-refractivity contribution in [2.45, 2.75) is 6.92 Å². The van der Waals surface area contributed by atoms with Crippen LogP contribution in [-0.4, -0.2) is 36.6 Å². The molecule has 0 fully saturated rings. The number of anilines is 1. The fourth-order valence-electron chi connectivity index (χ4n) is 1.90. The molecule has 0 saturated heterocycles. The average molecular weight is 258 g/mol. The summed E-state index contributed by atoms with van der Waals surface area (Å²) in [6.07, 6.45) is 1.68. The highest BCUT2D eigenvalue weighted by molar-refractivity contribution is 6.05. The van der Waals surface area contributed by atoms with Crippen LogP contribution in [0.4, 0.5) is 5.82 Å². The lowest BCUT2D eigenvalue weighted by Crippen LogP contribution is -2.16. The molecule has 0 aromatic carbocycles. The number of hydrogen-bond acceptors (Lipinski definition) is 5. The molecule has 1 N–H and O–H groups in total. The van der Waals surface area contributed by atoms with Crippen LogP contribution in [-0.2, 0) is 4.74 Å². The predicted octanol–water partition coefficient (Wildman–Crippen LogP) is 1.68. The summed E-state index contributed by atoms with van der Waals surface area (Å²) in [5.41, 5.74) is 1.62. The number of nitriles is 1. The molecule has 0 spiro atoms. The molecule has 0 aliphatic rings. The van der Waals surface area contributed by atoms with Crippen molar-refractivity contribution in [2.24, 2.45) is 0 Å². The van der Waals surface area contributed by atoms with E-state index in [4.69, 9.17) is 4.74 Å². The second kappa shape index (κ2) is 4.98. The molecule has 19 heavy (non-hydrogen) atoms. The largest absolute Gasteiger partial charge is 0.462 e. The number of nitrogens with zero attached hydrogens (tertiary/aromatic N) is 3. The molecule has 98 valence electrons. The molecular weight excluding hydrogens is 244 g/mol. The number of fused-ring (bicyclic) bond motifs is 1. The van der Waals surface area contributed by atoms with Gasteiger partial charge in [-0.2, -0.15) is 5.26 Å². The van der Waals surface area contributed by atoms with E-state index in [2.05, 4.69) is 9.97 Å². The van der Waals surface area contributed by atoms with E-state index < -0.39 is 5.97 Å². The van der Waals surface area contributed by atoms with Gasteiger partial charge in [-0.05, 0) is 13.0 Å². The Morgan fingerprint density at radius 3 is 2.89 bits per heavy atom. The highest BCUT2D eigenvalue weighted by atomic mass is 16.5. The van der Waals surface area contributed by atoms with Crippen LogP contribution in [0.2, 0.25) is 0 Å². The lowest BCUT2D eigenvalue weighted by Gasteiger charge is -2.15. The summed E-state index contributed by atoms with van der Waals surface area (Å²) in [5.74, 6) is -0.0605. The van der Waals surface area contributed by atoms with Crippen LogP contribution >= 0.6 is 0 Å². The number of nitrogens with one attached hydrogen (secondary N) is 1. The van der Waals surface area contributed by atoms with Crippen molar-refractivity contribution in [2.75, 3.05) is 25.6 Å². The van der Waals surface area contributed by atoms with E-state index in [9.17, 15) is 10.1 Å². The maximum atomic E-state index is 12.1. The predicted molar refractivity (Wildman–Crippen MR) is 71.1 cm³/mol. The van der Waals surface area contributed by atoms with Crippen molar-refractivity contribution in [3.05, 3.63) is 23.4 Å². The van der Waals surface area contributed by atoms with Gasteiger partial charge >= 0.3 is 5.97 Å². The van der Waals surface area contributed by atoms with E-state index in [1.165, 1.54) is 0 Å². The van der Waals surface area contributed by atoms with Crippen molar-refractivity contribution >= 4 is 22.8 Å². The lowest BCUT2D eigenvalue weighted by molar-refractivity contribution is 0.0528. The average Bonchev–Trinajstić information content (AvgIpc) is 2.84. The highest BCUT2D eigenvalue weighted by Gasteiger charge is 2.23. The Kier molecular flexibility index (Phi) is 3.38. The zero-order chi connectivity index (χ0) is 14.0. The number of ether oxygens (including phenoxy) is 1. The van der Waals surface area contributed by atoms with Crippen molar-refractivity contribution in [1.29, 1.82) is 5.26 Å². The maximum absolute atomic E-state index is 12.1. The van der Waals surface area contributed by atoms with Gasteiger partial charge in [-0.25, -0.2) is 9.78 Å². The molecule has 0 bridgehead atoms. The van der Waals surface area contributed by atoms with Crippen LogP contribution in [0.25, 0.3) is 11.0 Å². The van der Waals surface area contributed by atoms with E-state index in [1.807, 2.05) is 6.07 Å². The third-order valence-corrected chi connectivity index (χ3v) is 2.69. The normalized spacial score (nSPS) is 10.2. The summed E-state index contributed by atoms with van der Waals surface area (Å²) in [6, 6.07) is 3.80. The van der Waals surface area contributed by atoms with Gasteiger partial charge in [0.25, 0.3) is 0 Å². The molecule has 0 amide bonds. The summed E-state index contributed by atoms with van der Waals surface area (Å²) < 4.78 is 5.03. The van der Waals surface area contributed by atoms with Gasteiger partial charge in [0.1, 0.15) is 23.0 Å². The van der Waals surface area contributed by atoms with E-state index in [1.54, 1.807) is 38.2 Å². The first kappa shape index (κ1) is 12.9. The summed E-state index contributed by atoms with van der Waals surface area (Å²) in [6.45, 7) is 1.98. The minimum atomic E-state index is -0.517. The summed E-state index contributed by atoms with van der Waals surface area (Å²) >= 11 is 0. The van der Waals surface area contributed by atoms with E-state index in [0.717, 1.165) is 0 Å². The Balaban J connectivity index is 2.80. The zero-order valence-electron chi connectivity index (χ0n) is 11.0. The van der Waals surface area contributed by atoms with Crippen molar-refractivity contribution < 1.29 is 9.53 Å². The number of hydrogen-bond donors (Lipinski definition) is 1. The Morgan fingerprint density at radius 2 is 2.32 bits per heavy atom. The van der Waals surface area contributed by atoms with Crippen LogP contribution in [0, 0.1) is 11.3 Å². The Hall–Kier alpha value is -2.55. The SMILES string of the molecule is CCOC(=O)c1c(C#N)c(N(C)C)nc2cc[nH]c12. The maximum Gasteiger partial charge on any atom is 0.341 e. The number of carbonyl (C=O) groups excluding carboxylic acids is 1. The number of pyridine rings is 1.